The molecule has 0 aliphatic carbocycles. The number of hydrogen-bond acceptors (Lipinski definition) is 2. The van der Waals surface area contributed by atoms with Gasteiger partial charge in [0, 0.05) is 10.5 Å². The summed E-state index contributed by atoms with van der Waals surface area (Å²) >= 11 is 1.55. The minimum Gasteiger partial charge on any atom is -0.494 e. The van der Waals surface area contributed by atoms with E-state index in [4.69, 9.17) is 4.74 Å². The number of unbranched alkanes of at least 4 members (excludes halogenated alkanes) is 2. The van der Waals surface area contributed by atoms with Gasteiger partial charge in [0.2, 0.25) is 0 Å². The van der Waals surface area contributed by atoms with Gasteiger partial charge in [0.15, 0.2) is 0 Å². The summed E-state index contributed by atoms with van der Waals surface area (Å²) in [5.41, 5.74) is 1.01. The van der Waals surface area contributed by atoms with Crippen molar-refractivity contribution in [2.45, 2.75) is 31.1 Å². The Labute approximate surface area is 131 Å². The lowest BCUT2D eigenvalue weighted by Crippen LogP contribution is -1.96. The normalized spacial score (nSPS) is 9.76. The number of ether oxygens (including phenoxy) is 1. The van der Waals surface area contributed by atoms with Crippen LogP contribution >= 0.6 is 11.8 Å². The largest absolute Gasteiger partial charge is 0.494 e. The van der Waals surface area contributed by atoms with Gasteiger partial charge in [-0.3, -0.25) is 0 Å². The standard InChI is InChI=1S/C19H20OS/c1-2-3-7-15-20-18-12-10-17(11-13-18)14-16-21-19-8-5-4-6-9-19/h4-6,8-13H,2-3,7,15H2,1H3. The first-order valence-electron chi connectivity index (χ1n) is 7.34. The fourth-order valence-electron chi connectivity index (χ4n) is 1.81. The van der Waals surface area contributed by atoms with Gasteiger partial charge in [-0.15, -0.1) is 0 Å². The van der Waals surface area contributed by atoms with Crippen molar-refractivity contribution in [3.63, 3.8) is 0 Å². The molecule has 0 radical (unpaired) electrons. The molecule has 0 amide bonds. The van der Waals surface area contributed by atoms with Gasteiger partial charge < -0.3 is 4.74 Å². The van der Waals surface area contributed by atoms with Crippen LogP contribution in [0.15, 0.2) is 59.5 Å². The van der Waals surface area contributed by atoms with Crippen molar-refractivity contribution >= 4 is 11.8 Å². The molecule has 0 saturated carbocycles. The summed E-state index contributed by atoms with van der Waals surface area (Å²) in [5.74, 6) is 4.08. The highest BCUT2D eigenvalue weighted by Crippen LogP contribution is 2.16. The predicted octanol–water partition coefficient (Wildman–Crippen LogP) is 5.36. The zero-order chi connectivity index (χ0) is 14.8. The van der Waals surface area contributed by atoms with E-state index in [1.807, 2.05) is 42.5 Å². The Hall–Kier alpha value is -1.85. The smallest absolute Gasteiger partial charge is 0.119 e. The second-order valence-corrected chi connectivity index (χ2v) is 5.60. The van der Waals surface area contributed by atoms with Crippen LogP contribution in [0.3, 0.4) is 0 Å². The third kappa shape index (κ3) is 5.97. The monoisotopic (exact) mass is 296 g/mol. The molecule has 2 aromatic rings. The first-order valence-corrected chi connectivity index (χ1v) is 8.16. The molecule has 0 unspecified atom stereocenters. The maximum Gasteiger partial charge on any atom is 0.119 e. The first-order chi connectivity index (χ1) is 10.4. The van der Waals surface area contributed by atoms with Crippen molar-refractivity contribution in [2.75, 3.05) is 6.61 Å². The van der Waals surface area contributed by atoms with Crippen molar-refractivity contribution in [2.24, 2.45) is 0 Å². The topological polar surface area (TPSA) is 9.23 Å². The summed E-state index contributed by atoms with van der Waals surface area (Å²) < 4.78 is 5.68. The molecule has 0 heterocycles. The van der Waals surface area contributed by atoms with E-state index in [0.717, 1.165) is 24.3 Å². The van der Waals surface area contributed by atoms with E-state index < -0.39 is 0 Å². The van der Waals surface area contributed by atoms with Crippen LogP contribution in [0.25, 0.3) is 0 Å². The lowest BCUT2D eigenvalue weighted by atomic mass is 10.2. The minimum atomic E-state index is 0.794. The first kappa shape index (κ1) is 15.5. The lowest BCUT2D eigenvalue weighted by Gasteiger charge is -2.05. The highest BCUT2D eigenvalue weighted by atomic mass is 32.2. The molecule has 21 heavy (non-hydrogen) atoms. The van der Waals surface area contributed by atoms with E-state index in [-0.39, 0.29) is 0 Å². The van der Waals surface area contributed by atoms with Crippen LogP contribution in [0.5, 0.6) is 5.75 Å². The maximum atomic E-state index is 5.68. The molecule has 0 aliphatic rings. The van der Waals surface area contributed by atoms with E-state index in [2.05, 4.69) is 30.2 Å². The van der Waals surface area contributed by atoms with E-state index in [0.29, 0.717) is 0 Å². The zero-order valence-corrected chi connectivity index (χ0v) is 13.2. The average Bonchev–Trinajstić information content (AvgIpc) is 2.54. The van der Waals surface area contributed by atoms with Gasteiger partial charge >= 0.3 is 0 Å². The van der Waals surface area contributed by atoms with Crippen LogP contribution < -0.4 is 4.74 Å². The molecule has 0 N–H and O–H groups in total. The van der Waals surface area contributed by atoms with Gasteiger partial charge in [0.25, 0.3) is 0 Å². The van der Waals surface area contributed by atoms with Gasteiger partial charge in [0.1, 0.15) is 5.75 Å². The number of benzene rings is 2. The van der Waals surface area contributed by atoms with Crippen LogP contribution in [0.4, 0.5) is 0 Å². The van der Waals surface area contributed by atoms with Gasteiger partial charge in [-0.2, -0.15) is 0 Å². The van der Waals surface area contributed by atoms with E-state index in [1.165, 1.54) is 17.7 Å². The summed E-state index contributed by atoms with van der Waals surface area (Å²) in [7, 11) is 0. The summed E-state index contributed by atoms with van der Waals surface area (Å²) in [5, 5.41) is 3.12. The highest BCUT2D eigenvalue weighted by Gasteiger charge is 1.94. The third-order valence-electron chi connectivity index (χ3n) is 2.98. The lowest BCUT2D eigenvalue weighted by molar-refractivity contribution is 0.306. The molecule has 0 spiro atoms. The van der Waals surface area contributed by atoms with Crippen LogP contribution in [-0.2, 0) is 0 Å². The number of hydrogen-bond donors (Lipinski definition) is 0. The van der Waals surface area contributed by atoms with Crippen molar-refractivity contribution in [3.8, 4) is 16.9 Å². The molecule has 2 rings (SSSR count). The van der Waals surface area contributed by atoms with Gasteiger partial charge in [-0.05, 0) is 59.8 Å². The molecule has 1 nitrogen and oxygen atoms in total. The Bertz CT molecular complexity index is 578. The Morgan fingerprint density at radius 2 is 1.71 bits per heavy atom. The fourth-order valence-corrected chi connectivity index (χ4v) is 2.39. The molecule has 0 aliphatic heterocycles. The van der Waals surface area contributed by atoms with Gasteiger partial charge in [-0.25, -0.2) is 0 Å². The molecule has 0 atom stereocenters. The number of thioether (sulfide) groups is 1. The summed E-state index contributed by atoms with van der Waals surface area (Å²) in [4.78, 5) is 1.17. The molecule has 0 saturated heterocycles. The van der Waals surface area contributed by atoms with E-state index in [9.17, 15) is 0 Å². The molecular weight excluding hydrogens is 276 g/mol. The Morgan fingerprint density at radius 3 is 2.43 bits per heavy atom. The van der Waals surface area contributed by atoms with Gasteiger partial charge in [0.05, 0.1) is 6.61 Å². The molecular formula is C19H20OS. The molecule has 0 fully saturated rings. The molecule has 2 heteroatoms. The number of rotatable bonds is 6. The van der Waals surface area contributed by atoms with E-state index >= 15 is 0 Å². The Morgan fingerprint density at radius 1 is 0.952 bits per heavy atom. The Balaban J connectivity index is 1.82. The van der Waals surface area contributed by atoms with Crippen LogP contribution in [0.2, 0.25) is 0 Å². The SMILES string of the molecule is CCCCCOc1ccc(C#CSc2ccccc2)cc1. The molecule has 2 aromatic carbocycles. The second-order valence-electron chi connectivity index (χ2n) is 4.72. The van der Waals surface area contributed by atoms with Crippen molar-refractivity contribution in [1.82, 2.24) is 0 Å². The van der Waals surface area contributed by atoms with Crippen molar-refractivity contribution in [3.05, 3.63) is 60.2 Å². The fraction of sp³-hybridized carbons (Fsp3) is 0.263. The van der Waals surface area contributed by atoms with Gasteiger partial charge in [-0.1, -0.05) is 43.9 Å². The van der Waals surface area contributed by atoms with Crippen LogP contribution in [-0.4, -0.2) is 6.61 Å². The molecule has 0 bridgehead atoms. The summed E-state index contributed by atoms with van der Waals surface area (Å²) in [6.45, 7) is 2.99. The van der Waals surface area contributed by atoms with Crippen LogP contribution in [0.1, 0.15) is 31.7 Å². The van der Waals surface area contributed by atoms with Crippen molar-refractivity contribution in [1.29, 1.82) is 0 Å². The zero-order valence-electron chi connectivity index (χ0n) is 12.3. The minimum absolute atomic E-state index is 0.794. The third-order valence-corrected chi connectivity index (χ3v) is 3.69. The van der Waals surface area contributed by atoms with Crippen molar-refractivity contribution < 1.29 is 4.74 Å². The van der Waals surface area contributed by atoms with Crippen LogP contribution in [0, 0.1) is 11.2 Å². The second kappa shape index (κ2) is 9.15. The summed E-state index contributed by atoms with van der Waals surface area (Å²) in [6.07, 6.45) is 3.56. The molecule has 108 valence electrons. The quantitative estimate of drug-likeness (QED) is 0.403. The Kier molecular flexibility index (Phi) is 6.77. The highest BCUT2D eigenvalue weighted by molar-refractivity contribution is 8.03. The average molecular weight is 296 g/mol. The van der Waals surface area contributed by atoms with E-state index in [1.54, 1.807) is 11.8 Å². The molecule has 0 aromatic heterocycles. The maximum absolute atomic E-state index is 5.68. The summed E-state index contributed by atoms with van der Waals surface area (Å²) in [6, 6.07) is 18.2. The predicted molar refractivity (Wildman–Crippen MR) is 90.6 cm³/mol.